The molecule has 1 aromatic carbocycles. The number of nitrogens with zero attached hydrogens (tertiary/aromatic N) is 2. The minimum atomic E-state index is -0.198. The number of amides is 3. The SMILES string of the molecule is O=C1CCN(C2CC2)C(=O)N1c1ccc(Cl)cc1. The Labute approximate surface area is 110 Å². The van der Waals surface area contributed by atoms with Crippen molar-refractivity contribution in [3.63, 3.8) is 0 Å². The average Bonchev–Trinajstić information content (AvgIpc) is 3.16. The van der Waals surface area contributed by atoms with Crippen molar-refractivity contribution in [2.45, 2.75) is 25.3 Å². The van der Waals surface area contributed by atoms with Crippen LogP contribution in [-0.4, -0.2) is 29.4 Å². The lowest BCUT2D eigenvalue weighted by Gasteiger charge is -2.34. The van der Waals surface area contributed by atoms with Crippen LogP contribution in [0.1, 0.15) is 19.3 Å². The van der Waals surface area contributed by atoms with E-state index in [0.717, 1.165) is 12.8 Å². The van der Waals surface area contributed by atoms with E-state index < -0.39 is 0 Å². The molecule has 0 N–H and O–H groups in total. The molecule has 0 unspecified atom stereocenters. The fraction of sp³-hybridized carbons (Fsp3) is 0.385. The van der Waals surface area contributed by atoms with Gasteiger partial charge in [0.15, 0.2) is 0 Å². The first-order valence-electron chi connectivity index (χ1n) is 6.06. The molecule has 1 aliphatic carbocycles. The summed E-state index contributed by atoms with van der Waals surface area (Å²) in [6, 6.07) is 6.92. The largest absolute Gasteiger partial charge is 0.331 e. The van der Waals surface area contributed by atoms with Gasteiger partial charge in [-0.25, -0.2) is 9.69 Å². The summed E-state index contributed by atoms with van der Waals surface area (Å²) in [5.41, 5.74) is 0.597. The molecular weight excluding hydrogens is 252 g/mol. The monoisotopic (exact) mass is 264 g/mol. The van der Waals surface area contributed by atoms with Crippen molar-refractivity contribution in [1.29, 1.82) is 0 Å². The third-order valence-corrected chi connectivity index (χ3v) is 3.58. The number of benzene rings is 1. The van der Waals surface area contributed by atoms with Gasteiger partial charge in [-0.05, 0) is 37.1 Å². The molecule has 4 nitrogen and oxygen atoms in total. The third-order valence-electron chi connectivity index (χ3n) is 3.33. The molecule has 0 bridgehead atoms. The standard InChI is InChI=1S/C13H13ClN2O2/c14-9-1-3-11(4-2-9)16-12(17)7-8-15(13(16)18)10-5-6-10/h1-4,10H,5-8H2. The molecule has 1 saturated carbocycles. The van der Waals surface area contributed by atoms with Gasteiger partial charge in [-0.15, -0.1) is 0 Å². The van der Waals surface area contributed by atoms with Crippen molar-refractivity contribution in [2.75, 3.05) is 11.4 Å². The molecule has 1 heterocycles. The molecule has 1 saturated heterocycles. The second-order valence-corrected chi connectivity index (χ2v) is 5.10. The molecule has 0 atom stereocenters. The maximum Gasteiger partial charge on any atom is 0.331 e. The van der Waals surface area contributed by atoms with Gasteiger partial charge < -0.3 is 4.90 Å². The normalized spacial score (nSPS) is 20.5. The van der Waals surface area contributed by atoms with Crippen molar-refractivity contribution in [3.8, 4) is 0 Å². The highest BCUT2D eigenvalue weighted by Crippen LogP contribution is 2.31. The number of imide groups is 1. The van der Waals surface area contributed by atoms with Gasteiger partial charge in [-0.1, -0.05) is 11.6 Å². The van der Waals surface area contributed by atoms with Crippen molar-refractivity contribution in [2.24, 2.45) is 0 Å². The van der Waals surface area contributed by atoms with Crippen LogP contribution in [0.2, 0.25) is 5.02 Å². The van der Waals surface area contributed by atoms with Crippen LogP contribution in [0.25, 0.3) is 0 Å². The Morgan fingerprint density at radius 3 is 2.39 bits per heavy atom. The van der Waals surface area contributed by atoms with Gasteiger partial charge in [0.25, 0.3) is 0 Å². The summed E-state index contributed by atoms with van der Waals surface area (Å²) in [5, 5.41) is 0.592. The first-order chi connectivity index (χ1) is 8.66. The number of hydrogen-bond acceptors (Lipinski definition) is 2. The molecule has 2 aliphatic rings. The summed E-state index contributed by atoms with van der Waals surface area (Å²) in [7, 11) is 0. The summed E-state index contributed by atoms with van der Waals surface area (Å²) in [5.74, 6) is -0.140. The molecule has 0 aromatic heterocycles. The maximum absolute atomic E-state index is 12.3. The van der Waals surface area contributed by atoms with E-state index in [1.54, 1.807) is 29.2 Å². The highest BCUT2D eigenvalue weighted by Gasteiger charge is 2.40. The molecule has 2 fully saturated rings. The van der Waals surface area contributed by atoms with Crippen LogP contribution in [0.3, 0.4) is 0 Å². The first-order valence-corrected chi connectivity index (χ1v) is 6.44. The number of rotatable bonds is 2. The van der Waals surface area contributed by atoms with Crippen LogP contribution in [0.5, 0.6) is 0 Å². The van der Waals surface area contributed by atoms with E-state index in [4.69, 9.17) is 11.6 Å². The summed E-state index contributed by atoms with van der Waals surface area (Å²) >= 11 is 5.81. The van der Waals surface area contributed by atoms with Crippen LogP contribution in [-0.2, 0) is 4.79 Å². The number of carbonyl (C=O) groups is 2. The van der Waals surface area contributed by atoms with E-state index >= 15 is 0 Å². The van der Waals surface area contributed by atoms with E-state index in [0.29, 0.717) is 29.7 Å². The van der Waals surface area contributed by atoms with Crippen LogP contribution in [0, 0.1) is 0 Å². The molecule has 0 spiro atoms. The quantitative estimate of drug-likeness (QED) is 0.824. The highest BCUT2D eigenvalue weighted by atomic mass is 35.5. The number of halogens is 1. The number of carbonyl (C=O) groups excluding carboxylic acids is 2. The van der Waals surface area contributed by atoms with Crippen molar-refractivity contribution in [3.05, 3.63) is 29.3 Å². The van der Waals surface area contributed by atoms with Gasteiger partial charge in [-0.2, -0.15) is 0 Å². The van der Waals surface area contributed by atoms with E-state index in [2.05, 4.69) is 0 Å². The van der Waals surface area contributed by atoms with Crippen molar-refractivity contribution >= 4 is 29.2 Å². The Kier molecular flexibility index (Phi) is 2.74. The minimum absolute atomic E-state index is 0.140. The van der Waals surface area contributed by atoms with E-state index in [1.807, 2.05) is 0 Å². The molecule has 1 aliphatic heterocycles. The van der Waals surface area contributed by atoms with Crippen LogP contribution >= 0.6 is 11.6 Å². The van der Waals surface area contributed by atoms with Gasteiger partial charge in [0.05, 0.1) is 5.69 Å². The van der Waals surface area contributed by atoms with E-state index in [-0.39, 0.29) is 11.9 Å². The van der Waals surface area contributed by atoms with Gasteiger partial charge in [0, 0.05) is 24.0 Å². The molecular formula is C13H13ClN2O2. The second kappa shape index (κ2) is 4.28. The van der Waals surface area contributed by atoms with Gasteiger partial charge >= 0.3 is 6.03 Å². The van der Waals surface area contributed by atoms with Crippen LogP contribution in [0.4, 0.5) is 10.5 Å². The molecule has 0 radical (unpaired) electrons. The maximum atomic E-state index is 12.3. The lowest BCUT2D eigenvalue weighted by atomic mass is 10.2. The Morgan fingerprint density at radius 1 is 1.11 bits per heavy atom. The zero-order chi connectivity index (χ0) is 12.7. The topological polar surface area (TPSA) is 40.6 Å². The van der Waals surface area contributed by atoms with E-state index in [1.165, 1.54) is 4.90 Å². The predicted octanol–water partition coefficient (Wildman–Crippen LogP) is 2.66. The smallest absolute Gasteiger partial charge is 0.320 e. The molecule has 94 valence electrons. The molecule has 3 amide bonds. The van der Waals surface area contributed by atoms with Gasteiger partial charge in [0.1, 0.15) is 0 Å². The molecule has 18 heavy (non-hydrogen) atoms. The summed E-state index contributed by atoms with van der Waals surface area (Å²) in [6.07, 6.45) is 2.49. The van der Waals surface area contributed by atoms with Crippen LogP contribution < -0.4 is 4.90 Å². The zero-order valence-corrected chi connectivity index (χ0v) is 10.6. The molecule has 5 heteroatoms. The highest BCUT2D eigenvalue weighted by molar-refractivity contribution is 6.30. The number of urea groups is 1. The summed E-state index contributed by atoms with van der Waals surface area (Å²) in [6.45, 7) is 0.548. The van der Waals surface area contributed by atoms with Crippen molar-refractivity contribution < 1.29 is 9.59 Å². The zero-order valence-electron chi connectivity index (χ0n) is 9.80. The van der Waals surface area contributed by atoms with Crippen molar-refractivity contribution in [1.82, 2.24) is 4.90 Å². The van der Waals surface area contributed by atoms with Gasteiger partial charge in [0.2, 0.25) is 5.91 Å². The van der Waals surface area contributed by atoms with Gasteiger partial charge in [-0.3, -0.25) is 4.79 Å². The van der Waals surface area contributed by atoms with E-state index in [9.17, 15) is 9.59 Å². The number of anilines is 1. The lowest BCUT2D eigenvalue weighted by Crippen LogP contribution is -2.53. The fourth-order valence-electron chi connectivity index (χ4n) is 2.23. The Hall–Kier alpha value is -1.55. The Bertz CT molecular complexity index is 496. The Balaban J connectivity index is 1.89. The lowest BCUT2D eigenvalue weighted by molar-refractivity contribution is -0.119. The van der Waals surface area contributed by atoms with Crippen LogP contribution in [0.15, 0.2) is 24.3 Å². The summed E-state index contributed by atoms with van der Waals surface area (Å²) in [4.78, 5) is 27.3. The molecule has 3 rings (SSSR count). The predicted molar refractivity (Wildman–Crippen MR) is 68.7 cm³/mol. The second-order valence-electron chi connectivity index (χ2n) is 4.66. The Morgan fingerprint density at radius 2 is 1.78 bits per heavy atom. The number of hydrogen-bond donors (Lipinski definition) is 0. The fourth-order valence-corrected chi connectivity index (χ4v) is 2.35. The first kappa shape index (κ1) is 11.5. The average molecular weight is 265 g/mol. The molecule has 1 aromatic rings. The third kappa shape index (κ3) is 1.97. The summed E-state index contributed by atoms with van der Waals surface area (Å²) < 4.78 is 0. The minimum Gasteiger partial charge on any atom is -0.320 e.